The van der Waals surface area contributed by atoms with Crippen LogP contribution < -0.4 is 20.1 Å². The Morgan fingerprint density at radius 3 is 2.50 bits per heavy atom. The molecule has 8 nitrogen and oxygen atoms in total. The van der Waals surface area contributed by atoms with E-state index in [1.807, 2.05) is 54.6 Å². The van der Waals surface area contributed by atoms with Crippen LogP contribution in [0, 0.1) is 10.1 Å². The van der Waals surface area contributed by atoms with Gasteiger partial charge in [0.05, 0.1) is 5.92 Å². The maximum Gasteiger partial charge on any atom is 0.250 e. The van der Waals surface area contributed by atoms with Crippen LogP contribution in [-0.4, -0.2) is 23.7 Å². The van der Waals surface area contributed by atoms with Crippen molar-refractivity contribution in [3.05, 3.63) is 99.6 Å². The Labute approximate surface area is 183 Å². The molecule has 6 rings (SSSR count). The van der Waals surface area contributed by atoms with Gasteiger partial charge in [-0.2, -0.15) is 0 Å². The minimum atomic E-state index is -1.30. The topological polar surface area (TPSA) is 103 Å². The van der Waals surface area contributed by atoms with Gasteiger partial charge in [-0.25, -0.2) is 0 Å². The lowest BCUT2D eigenvalue weighted by molar-refractivity contribution is -0.527. The molecule has 3 aromatic rings. The zero-order chi connectivity index (χ0) is 21.9. The van der Waals surface area contributed by atoms with Gasteiger partial charge in [-0.3, -0.25) is 20.2 Å². The van der Waals surface area contributed by atoms with Gasteiger partial charge in [0.2, 0.25) is 18.7 Å². The van der Waals surface area contributed by atoms with Crippen LogP contribution in [0.3, 0.4) is 0 Å². The maximum atomic E-state index is 13.6. The number of anilines is 1. The summed E-state index contributed by atoms with van der Waals surface area (Å²) in [6.45, 7) is 0.0987. The average molecular weight is 429 g/mol. The van der Waals surface area contributed by atoms with Crippen molar-refractivity contribution in [3.8, 4) is 11.5 Å². The first-order valence-corrected chi connectivity index (χ1v) is 10.4. The number of fused-ring (bicyclic) bond motifs is 3. The summed E-state index contributed by atoms with van der Waals surface area (Å²) in [6.07, 6.45) is 0. The summed E-state index contributed by atoms with van der Waals surface area (Å²) in [4.78, 5) is 25.8. The van der Waals surface area contributed by atoms with Crippen LogP contribution >= 0.6 is 0 Å². The molecule has 0 bridgehead atoms. The zero-order valence-corrected chi connectivity index (χ0v) is 16.9. The number of nitrogens with one attached hydrogen (secondary N) is 2. The van der Waals surface area contributed by atoms with Crippen molar-refractivity contribution in [2.45, 2.75) is 23.5 Å². The van der Waals surface area contributed by atoms with E-state index in [4.69, 9.17) is 9.47 Å². The van der Waals surface area contributed by atoms with Gasteiger partial charge >= 0.3 is 0 Å². The summed E-state index contributed by atoms with van der Waals surface area (Å²) in [5.74, 6) is 0.0318. The number of nitro groups is 1. The molecule has 0 radical (unpaired) electrons. The van der Waals surface area contributed by atoms with Crippen molar-refractivity contribution in [1.29, 1.82) is 0 Å². The second-order valence-corrected chi connectivity index (χ2v) is 8.21. The fraction of sp³-hybridized carbons (Fsp3) is 0.208. The summed E-state index contributed by atoms with van der Waals surface area (Å²) in [5.41, 5.74) is 1.47. The second kappa shape index (κ2) is 6.80. The van der Waals surface area contributed by atoms with E-state index in [0.29, 0.717) is 28.3 Å². The molecule has 0 aromatic heterocycles. The maximum absolute atomic E-state index is 13.6. The molecule has 0 aliphatic carbocycles. The highest BCUT2D eigenvalue weighted by Gasteiger charge is 2.67. The highest BCUT2D eigenvalue weighted by atomic mass is 16.7. The highest BCUT2D eigenvalue weighted by molar-refractivity contribution is 6.07. The van der Waals surface area contributed by atoms with Gasteiger partial charge < -0.3 is 14.8 Å². The molecular weight excluding hydrogens is 410 g/mol. The molecule has 4 unspecified atom stereocenters. The van der Waals surface area contributed by atoms with Crippen LogP contribution in [-0.2, 0) is 10.3 Å². The number of carbonyl (C=O) groups is 1. The van der Waals surface area contributed by atoms with Crippen molar-refractivity contribution in [2.75, 3.05) is 12.1 Å². The van der Waals surface area contributed by atoms with Crippen LogP contribution in [0.4, 0.5) is 5.69 Å². The lowest BCUT2D eigenvalue weighted by atomic mass is 9.74. The third kappa shape index (κ3) is 2.50. The normalized spacial score (nSPS) is 27.4. The van der Waals surface area contributed by atoms with Crippen LogP contribution in [0.5, 0.6) is 11.5 Å². The number of nitrogens with zero attached hydrogens (tertiary/aromatic N) is 1. The molecular formula is C24H19N3O5. The first-order chi connectivity index (χ1) is 15.6. The summed E-state index contributed by atoms with van der Waals surface area (Å²) in [7, 11) is 0. The number of benzene rings is 3. The van der Waals surface area contributed by atoms with E-state index in [0.717, 1.165) is 5.56 Å². The van der Waals surface area contributed by atoms with Crippen LogP contribution in [0.25, 0.3) is 0 Å². The molecule has 2 N–H and O–H groups in total. The monoisotopic (exact) mass is 429 g/mol. The Balaban J connectivity index is 1.60. The standard InChI is InChI=1S/C24H19N3O5/c28-23-24(16-8-4-5-9-17(16)25-23)20(15-10-11-18-19(12-15)32-13-31-18)22(27(29)30)21(26-24)14-6-2-1-3-7-14/h1-12,20-22,26H,13H2,(H,25,28). The van der Waals surface area contributed by atoms with Gasteiger partial charge in [-0.1, -0.05) is 54.6 Å². The number of carbonyl (C=O) groups excluding carboxylic acids is 1. The number of ether oxygens (including phenoxy) is 2. The molecule has 3 aliphatic heterocycles. The minimum Gasteiger partial charge on any atom is -0.454 e. The SMILES string of the molecule is O=C1Nc2ccccc2C12NC(c1ccccc1)C([N+](=O)[O-])C2c1ccc2c(c1)OCO2. The van der Waals surface area contributed by atoms with E-state index in [-0.39, 0.29) is 17.6 Å². The van der Waals surface area contributed by atoms with E-state index in [1.165, 1.54) is 0 Å². The summed E-state index contributed by atoms with van der Waals surface area (Å²) in [5, 5.41) is 18.9. The van der Waals surface area contributed by atoms with Gasteiger partial charge in [-0.15, -0.1) is 0 Å². The van der Waals surface area contributed by atoms with E-state index >= 15 is 0 Å². The Morgan fingerprint density at radius 2 is 1.69 bits per heavy atom. The van der Waals surface area contributed by atoms with Crippen LogP contribution in [0.1, 0.15) is 28.7 Å². The fourth-order valence-electron chi connectivity index (χ4n) is 5.34. The minimum absolute atomic E-state index is 0.0987. The van der Waals surface area contributed by atoms with Gasteiger partial charge in [-0.05, 0) is 29.3 Å². The number of hydrogen-bond donors (Lipinski definition) is 2. The predicted octanol–water partition coefficient (Wildman–Crippen LogP) is 3.34. The Bertz CT molecular complexity index is 1250. The third-order valence-electron chi connectivity index (χ3n) is 6.65. The van der Waals surface area contributed by atoms with Crippen molar-refractivity contribution >= 4 is 11.6 Å². The molecule has 3 heterocycles. The van der Waals surface area contributed by atoms with Gasteiger partial charge in [0.15, 0.2) is 11.5 Å². The van der Waals surface area contributed by atoms with Crippen molar-refractivity contribution in [3.63, 3.8) is 0 Å². The van der Waals surface area contributed by atoms with Gasteiger partial charge in [0.25, 0.3) is 0 Å². The molecule has 1 spiro atoms. The Morgan fingerprint density at radius 1 is 0.938 bits per heavy atom. The number of hydrogen-bond acceptors (Lipinski definition) is 6. The number of para-hydroxylation sites is 1. The Kier molecular flexibility index (Phi) is 4.00. The molecule has 3 aromatic carbocycles. The van der Waals surface area contributed by atoms with Crippen molar-refractivity contribution < 1.29 is 19.2 Å². The molecule has 32 heavy (non-hydrogen) atoms. The van der Waals surface area contributed by atoms with Crippen LogP contribution in [0.15, 0.2) is 72.8 Å². The molecule has 0 saturated carbocycles. The second-order valence-electron chi connectivity index (χ2n) is 8.21. The summed E-state index contributed by atoms with van der Waals surface area (Å²) >= 11 is 0. The molecule has 8 heteroatoms. The van der Waals surface area contributed by atoms with Crippen LogP contribution in [0.2, 0.25) is 0 Å². The first-order valence-electron chi connectivity index (χ1n) is 10.4. The lowest BCUT2D eigenvalue weighted by Gasteiger charge is -2.29. The van der Waals surface area contributed by atoms with E-state index in [1.54, 1.807) is 18.2 Å². The van der Waals surface area contributed by atoms with E-state index in [2.05, 4.69) is 10.6 Å². The Hall–Kier alpha value is -3.91. The average Bonchev–Trinajstić information content (AvgIpc) is 3.49. The predicted molar refractivity (Wildman–Crippen MR) is 115 cm³/mol. The quantitative estimate of drug-likeness (QED) is 0.489. The van der Waals surface area contributed by atoms with Crippen molar-refractivity contribution in [1.82, 2.24) is 5.32 Å². The molecule has 1 saturated heterocycles. The van der Waals surface area contributed by atoms with E-state index < -0.39 is 23.5 Å². The number of rotatable bonds is 3. The largest absolute Gasteiger partial charge is 0.454 e. The number of amides is 1. The smallest absolute Gasteiger partial charge is 0.250 e. The van der Waals surface area contributed by atoms with Gasteiger partial charge in [0.1, 0.15) is 11.6 Å². The zero-order valence-electron chi connectivity index (χ0n) is 16.9. The third-order valence-corrected chi connectivity index (χ3v) is 6.65. The molecule has 4 atom stereocenters. The van der Waals surface area contributed by atoms with E-state index in [9.17, 15) is 14.9 Å². The van der Waals surface area contributed by atoms with Crippen molar-refractivity contribution in [2.24, 2.45) is 0 Å². The van der Waals surface area contributed by atoms with Gasteiger partial charge in [0, 0.05) is 16.2 Å². The molecule has 160 valence electrons. The lowest BCUT2D eigenvalue weighted by Crippen LogP contribution is -2.48. The summed E-state index contributed by atoms with van der Waals surface area (Å²) < 4.78 is 11.0. The summed E-state index contributed by atoms with van der Waals surface area (Å²) in [6, 6.07) is 20.1. The highest BCUT2D eigenvalue weighted by Crippen LogP contribution is 2.56. The molecule has 1 amide bonds. The molecule has 1 fully saturated rings. The fourth-order valence-corrected chi connectivity index (χ4v) is 5.34. The molecule has 3 aliphatic rings. The first kappa shape index (κ1) is 18.8.